The van der Waals surface area contributed by atoms with Crippen molar-refractivity contribution in [2.24, 2.45) is 0 Å². The SMILES string of the molecule is COC(=O)c1c(C)c(-c2ccc(OC)c(OC)c2OCc2ccccc2)c(N)c(C)[n+]1[O-]. The third kappa shape index (κ3) is 3.99. The van der Waals surface area contributed by atoms with Crippen molar-refractivity contribution in [3.63, 3.8) is 0 Å². The van der Waals surface area contributed by atoms with Crippen LogP contribution in [0, 0.1) is 19.1 Å². The van der Waals surface area contributed by atoms with Gasteiger partial charge in [-0.15, -0.1) is 0 Å². The van der Waals surface area contributed by atoms with Crippen molar-refractivity contribution in [2.45, 2.75) is 20.5 Å². The van der Waals surface area contributed by atoms with Crippen molar-refractivity contribution >= 4 is 11.7 Å². The fourth-order valence-corrected chi connectivity index (χ4v) is 3.58. The van der Waals surface area contributed by atoms with E-state index in [1.165, 1.54) is 21.3 Å². The molecule has 0 unspecified atom stereocenters. The minimum atomic E-state index is -0.755. The predicted molar refractivity (Wildman–Crippen MR) is 120 cm³/mol. The smallest absolute Gasteiger partial charge is 0.405 e. The summed E-state index contributed by atoms with van der Waals surface area (Å²) in [7, 11) is 4.26. The largest absolute Gasteiger partial charge is 0.618 e. The highest BCUT2D eigenvalue weighted by molar-refractivity contribution is 5.94. The summed E-state index contributed by atoms with van der Waals surface area (Å²) in [6.07, 6.45) is 0. The van der Waals surface area contributed by atoms with Gasteiger partial charge in [-0.05, 0) is 24.6 Å². The average Bonchev–Trinajstić information content (AvgIpc) is 2.81. The van der Waals surface area contributed by atoms with Gasteiger partial charge < -0.3 is 29.9 Å². The van der Waals surface area contributed by atoms with Gasteiger partial charge in [0.05, 0.1) is 21.3 Å². The number of pyridine rings is 1. The third-order valence-electron chi connectivity index (χ3n) is 5.27. The highest BCUT2D eigenvalue weighted by atomic mass is 16.5. The Bertz CT molecular complexity index is 1150. The molecule has 0 amide bonds. The number of ether oxygens (including phenoxy) is 4. The fraction of sp³-hybridized carbons (Fsp3) is 0.250. The number of carbonyl (C=O) groups excluding carboxylic acids is 1. The molecule has 3 aromatic rings. The van der Waals surface area contributed by atoms with Crippen molar-refractivity contribution in [1.29, 1.82) is 0 Å². The van der Waals surface area contributed by atoms with Crippen molar-refractivity contribution < 1.29 is 28.5 Å². The third-order valence-corrected chi connectivity index (χ3v) is 5.27. The fourth-order valence-electron chi connectivity index (χ4n) is 3.58. The van der Waals surface area contributed by atoms with Crippen LogP contribution in [0.2, 0.25) is 0 Å². The topological polar surface area (TPSA) is 107 Å². The molecule has 0 radical (unpaired) electrons. The van der Waals surface area contributed by atoms with Gasteiger partial charge in [-0.25, -0.2) is 4.79 Å². The first kappa shape index (κ1) is 22.7. The van der Waals surface area contributed by atoms with Crippen LogP contribution >= 0.6 is 0 Å². The Morgan fingerprint density at radius 1 is 1.00 bits per heavy atom. The summed E-state index contributed by atoms with van der Waals surface area (Å²) in [6.45, 7) is 3.44. The van der Waals surface area contributed by atoms with E-state index in [-0.39, 0.29) is 23.7 Å². The van der Waals surface area contributed by atoms with Gasteiger partial charge in [-0.1, -0.05) is 30.3 Å². The van der Waals surface area contributed by atoms with Crippen molar-refractivity contribution in [3.05, 3.63) is 70.2 Å². The lowest BCUT2D eigenvalue weighted by Gasteiger charge is -2.21. The molecule has 1 heterocycles. The lowest BCUT2D eigenvalue weighted by atomic mass is 9.95. The van der Waals surface area contributed by atoms with Crippen molar-refractivity contribution in [2.75, 3.05) is 27.1 Å². The Morgan fingerprint density at radius 3 is 2.28 bits per heavy atom. The molecule has 0 spiro atoms. The molecular weight excluding hydrogens is 412 g/mol. The molecule has 2 N–H and O–H groups in total. The van der Waals surface area contributed by atoms with Crippen LogP contribution in [0.1, 0.15) is 27.3 Å². The molecule has 0 aliphatic rings. The number of carbonyl (C=O) groups is 1. The van der Waals surface area contributed by atoms with E-state index >= 15 is 0 Å². The monoisotopic (exact) mass is 438 g/mol. The van der Waals surface area contributed by atoms with Gasteiger partial charge >= 0.3 is 11.7 Å². The minimum Gasteiger partial charge on any atom is -0.618 e. The van der Waals surface area contributed by atoms with Crippen LogP contribution in [-0.4, -0.2) is 27.3 Å². The molecule has 0 fully saturated rings. The molecule has 3 rings (SSSR count). The first-order chi connectivity index (χ1) is 15.3. The molecule has 8 heteroatoms. The number of hydrogen-bond acceptors (Lipinski definition) is 7. The van der Waals surface area contributed by atoms with Crippen molar-refractivity contribution in [3.8, 4) is 28.4 Å². The first-order valence-electron chi connectivity index (χ1n) is 9.88. The van der Waals surface area contributed by atoms with Gasteiger partial charge in [0, 0.05) is 23.6 Å². The van der Waals surface area contributed by atoms with Gasteiger partial charge in [0.2, 0.25) is 11.4 Å². The number of aromatic nitrogens is 1. The Kier molecular flexibility index (Phi) is 6.73. The molecule has 8 nitrogen and oxygen atoms in total. The van der Waals surface area contributed by atoms with E-state index in [2.05, 4.69) is 0 Å². The summed E-state index contributed by atoms with van der Waals surface area (Å²) in [4.78, 5) is 12.4. The highest BCUT2D eigenvalue weighted by Crippen LogP contribution is 2.47. The zero-order valence-corrected chi connectivity index (χ0v) is 18.7. The lowest BCUT2D eigenvalue weighted by molar-refractivity contribution is -0.614. The van der Waals surface area contributed by atoms with Crippen LogP contribution in [-0.2, 0) is 11.3 Å². The normalized spacial score (nSPS) is 10.5. The summed E-state index contributed by atoms with van der Waals surface area (Å²) < 4.78 is 22.5. The molecule has 168 valence electrons. The number of rotatable bonds is 7. The summed E-state index contributed by atoms with van der Waals surface area (Å²) >= 11 is 0. The molecule has 1 aromatic heterocycles. The number of nitrogens with two attached hydrogens (primary N) is 1. The highest BCUT2D eigenvalue weighted by Gasteiger charge is 2.31. The molecule has 0 saturated carbocycles. The quantitative estimate of drug-likeness (QED) is 0.341. The number of nitrogen functional groups attached to an aromatic ring is 1. The Morgan fingerprint density at radius 2 is 1.69 bits per heavy atom. The maximum absolute atomic E-state index is 12.7. The van der Waals surface area contributed by atoms with Gasteiger partial charge in [0.15, 0.2) is 11.5 Å². The maximum atomic E-state index is 12.7. The molecule has 0 aliphatic heterocycles. The summed E-state index contributed by atoms with van der Waals surface area (Å²) in [5.74, 6) is 0.463. The standard InChI is InChI=1S/C24H26N2O6/c1-14-19(20(25)15(2)26(28)21(14)24(27)31-5)17-11-12-18(29-3)23(30-4)22(17)32-13-16-9-7-6-8-10-16/h6-12H,13,25H2,1-5H3. The number of anilines is 1. The van der Waals surface area contributed by atoms with E-state index in [9.17, 15) is 10.0 Å². The molecular formula is C24H26N2O6. The Balaban J connectivity index is 2.28. The van der Waals surface area contributed by atoms with Gasteiger partial charge in [-0.2, -0.15) is 4.73 Å². The second-order valence-corrected chi connectivity index (χ2v) is 7.09. The summed E-state index contributed by atoms with van der Waals surface area (Å²) in [6, 6.07) is 13.1. The zero-order valence-electron chi connectivity index (χ0n) is 18.7. The van der Waals surface area contributed by atoms with Crippen LogP contribution in [0.25, 0.3) is 11.1 Å². The lowest BCUT2D eigenvalue weighted by Crippen LogP contribution is -2.40. The minimum absolute atomic E-state index is 0.141. The predicted octanol–water partition coefficient (Wildman–Crippen LogP) is 3.57. The molecule has 0 saturated heterocycles. The second-order valence-electron chi connectivity index (χ2n) is 7.09. The number of nitrogens with zero attached hydrogens (tertiary/aromatic N) is 1. The molecule has 0 bridgehead atoms. The van der Waals surface area contributed by atoms with E-state index in [0.717, 1.165) is 5.56 Å². The molecule has 2 aromatic carbocycles. The number of benzene rings is 2. The van der Waals surface area contributed by atoms with Gasteiger partial charge in [-0.3, -0.25) is 0 Å². The second kappa shape index (κ2) is 9.47. The first-order valence-corrected chi connectivity index (χ1v) is 9.88. The van der Waals surface area contributed by atoms with Gasteiger partial charge in [0.25, 0.3) is 0 Å². The molecule has 0 atom stereocenters. The van der Waals surface area contributed by atoms with E-state index in [1.54, 1.807) is 26.0 Å². The van der Waals surface area contributed by atoms with Crippen LogP contribution in [0.3, 0.4) is 0 Å². The number of esters is 1. The maximum Gasteiger partial charge on any atom is 0.405 e. The average molecular weight is 438 g/mol. The summed E-state index contributed by atoms with van der Waals surface area (Å²) in [5.41, 5.74) is 8.98. The van der Waals surface area contributed by atoms with Crippen LogP contribution < -0.4 is 24.7 Å². The van der Waals surface area contributed by atoms with E-state index in [4.69, 9.17) is 24.7 Å². The van der Waals surface area contributed by atoms with E-state index in [0.29, 0.717) is 38.7 Å². The number of hydrogen-bond donors (Lipinski definition) is 1. The van der Waals surface area contributed by atoms with Crippen molar-refractivity contribution in [1.82, 2.24) is 0 Å². The van der Waals surface area contributed by atoms with Crippen LogP contribution in [0.15, 0.2) is 42.5 Å². The van der Waals surface area contributed by atoms with E-state index in [1.807, 2.05) is 30.3 Å². The summed E-state index contributed by atoms with van der Waals surface area (Å²) in [5, 5.41) is 12.7. The molecule has 32 heavy (non-hydrogen) atoms. The number of methoxy groups -OCH3 is 3. The zero-order chi connectivity index (χ0) is 23.4. The van der Waals surface area contributed by atoms with Crippen LogP contribution in [0.4, 0.5) is 5.69 Å². The van der Waals surface area contributed by atoms with Gasteiger partial charge in [0.1, 0.15) is 12.3 Å². The molecule has 0 aliphatic carbocycles. The van der Waals surface area contributed by atoms with E-state index < -0.39 is 5.97 Å². The van der Waals surface area contributed by atoms with Crippen LogP contribution in [0.5, 0.6) is 17.2 Å². The Labute approximate surface area is 186 Å². The Hall–Kier alpha value is -3.94.